The van der Waals surface area contributed by atoms with Gasteiger partial charge < -0.3 is 10.1 Å². The predicted molar refractivity (Wildman–Crippen MR) is 63.4 cm³/mol. The third-order valence-corrected chi connectivity index (χ3v) is 3.16. The van der Waals surface area contributed by atoms with Crippen LogP contribution in [-0.4, -0.2) is 16.3 Å². The van der Waals surface area contributed by atoms with E-state index in [0.29, 0.717) is 29.0 Å². The molecule has 100 valence electrons. The zero-order valence-electron chi connectivity index (χ0n) is 10.3. The number of nitrogens with zero attached hydrogens (tertiary/aromatic N) is 1. The maximum Gasteiger partial charge on any atom is 0.422 e. The summed E-state index contributed by atoms with van der Waals surface area (Å²) in [5, 5.41) is 18.9. The van der Waals surface area contributed by atoms with E-state index in [0.717, 1.165) is 0 Å². The van der Waals surface area contributed by atoms with Crippen molar-refractivity contribution in [3.8, 4) is 6.07 Å². The van der Waals surface area contributed by atoms with Gasteiger partial charge in [-0.25, -0.2) is 0 Å². The summed E-state index contributed by atoms with van der Waals surface area (Å²) in [7, 11) is 0. The van der Waals surface area contributed by atoms with E-state index in [1.54, 1.807) is 13.0 Å². The Morgan fingerprint density at radius 3 is 2.42 bits per heavy atom. The largest absolute Gasteiger partial charge is 0.422 e. The molecule has 2 aromatic rings. The summed E-state index contributed by atoms with van der Waals surface area (Å²) in [5.41, 5.74) is -1.78. The number of H-pyrrole nitrogens is 1. The maximum absolute atomic E-state index is 12.7. The third-order valence-electron chi connectivity index (χ3n) is 3.16. The molecule has 1 atom stereocenters. The van der Waals surface area contributed by atoms with Crippen LogP contribution in [0.3, 0.4) is 0 Å². The molecule has 0 aliphatic carbocycles. The highest BCUT2D eigenvalue weighted by Gasteiger charge is 2.52. The van der Waals surface area contributed by atoms with E-state index in [-0.39, 0.29) is 5.69 Å². The molecule has 0 fully saturated rings. The number of rotatable bonds is 1. The Morgan fingerprint density at radius 2 is 1.89 bits per heavy atom. The molecule has 1 unspecified atom stereocenters. The predicted octanol–water partition coefficient (Wildman–Crippen LogP) is 3.12. The molecule has 19 heavy (non-hydrogen) atoms. The lowest BCUT2D eigenvalue weighted by atomic mass is 10.0. The third kappa shape index (κ3) is 2.06. The molecule has 0 amide bonds. The molecule has 6 heteroatoms. The van der Waals surface area contributed by atoms with E-state index in [1.165, 1.54) is 12.1 Å². The summed E-state index contributed by atoms with van der Waals surface area (Å²) in [6, 6.07) is 6.26. The lowest BCUT2D eigenvalue weighted by Gasteiger charge is -2.24. The number of hydrogen-bond acceptors (Lipinski definition) is 2. The fourth-order valence-corrected chi connectivity index (χ4v) is 1.82. The molecule has 0 spiro atoms. The number of hydrogen-bond donors (Lipinski definition) is 2. The number of aromatic amines is 1. The zero-order chi connectivity index (χ0) is 14.4. The second kappa shape index (κ2) is 4.00. The summed E-state index contributed by atoms with van der Waals surface area (Å²) < 4.78 is 38.2. The second-order valence-electron chi connectivity index (χ2n) is 4.62. The van der Waals surface area contributed by atoms with Crippen molar-refractivity contribution in [1.29, 1.82) is 5.26 Å². The molecule has 0 bridgehead atoms. The van der Waals surface area contributed by atoms with Gasteiger partial charge in [-0.15, -0.1) is 0 Å². The quantitative estimate of drug-likeness (QED) is 0.834. The SMILES string of the molecule is Cc1cc2[nH]c(C(C)(O)C(F)(F)F)cc2cc1C#N. The number of nitriles is 1. The number of aryl methyl sites for hydroxylation is 1. The molecule has 2 N–H and O–H groups in total. The van der Waals surface area contributed by atoms with Crippen LogP contribution in [0.4, 0.5) is 13.2 Å². The van der Waals surface area contributed by atoms with Gasteiger partial charge in [0.25, 0.3) is 0 Å². The molecule has 1 aromatic carbocycles. The first-order valence-electron chi connectivity index (χ1n) is 5.50. The molecule has 0 radical (unpaired) electrons. The first-order valence-corrected chi connectivity index (χ1v) is 5.50. The number of nitrogens with one attached hydrogen (secondary N) is 1. The molecule has 2 rings (SSSR count). The van der Waals surface area contributed by atoms with Crippen LogP contribution >= 0.6 is 0 Å². The van der Waals surface area contributed by atoms with Gasteiger partial charge in [0.2, 0.25) is 0 Å². The van der Waals surface area contributed by atoms with Crippen LogP contribution in [0.2, 0.25) is 0 Å². The average molecular weight is 268 g/mol. The van der Waals surface area contributed by atoms with Gasteiger partial charge >= 0.3 is 6.18 Å². The van der Waals surface area contributed by atoms with Crippen molar-refractivity contribution < 1.29 is 18.3 Å². The topological polar surface area (TPSA) is 59.8 Å². The molecule has 0 aliphatic rings. The summed E-state index contributed by atoms with van der Waals surface area (Å²) in [6.45, 7) is 2.39. The molecule has 0 saturated carbocycles. The van der Waals surface area contributed by atoms with E-state index >= 15 is 0 Å². The molecule has 3 nitrogen and oxygen atoms in total. The first-order chi connectivity index (χ1) is 8.66. The summed E-state index contributed by atoms with van der Waals surface area (Å²) in [6.07, 6.45) is -4.78. The van der Waals surface area contributed by atoms with E-state index < -0.39 is 11.8 Å². The van der Waals surface area contributed by atoms with Crippen LogP contribution < -0.4 is 0 Å². The van der Waals surface area contributed by atoms with Gasteiger partial charge in [0.05, 0.1) is 17.3 Å². The molecular formula is C13H11F3N2O. The Morgan fingerprint density at radius 1 is 1.26 bits per heavy atom. The van der Waals surface area contributed by atoms with Crippen molar-refractivity contribution in [2.45, 2.75) is 25.6 Å². The van der Waals surface area contributed by atoms with Crippen molar-refractivity contribution in [3.05, 3.63) is 35.0 Å². The first kappa shape index (κ1) is 13.4. The number of aliphatic hydroxyl groups is 1. The molecule has 1 aromatic heterocycles. The van der Waals surface area contributed by atoms with Gasteiger partial charge in [0.15, 0.2) is 5.60 Å². The molecular weight excluding hydrogens is 257 g/mol. The van der Waals surface area contributed by atoms with Gasteiger partial charge in [-0.1, -0.05) is 0 Å². The normalized spacial score (nSPS) is 15.2. The van der Waals surface area contributed by atoms with Crippen molar-refractivity contribution in [1.82, 2.24) is 4.98 Å². The standard InChI is InChI=1S/C13H11F3N2O/c1-7-3-10-8(4-9(7)6-17)5-11(18-10)12(2,19)13(14,15)16/h3-5,18-19H,1-2H3. The van der Waals surface area contributed by atoms with Crippen LogP contribution in [0.5, 0.6) is 0 Å². The number of aromatic nitrogens is 1. The van der Waals surface area contributed by atoms with E-state index in [1.807, 2.05) is 6.07 Å². The highest BCUT2D eigenvalue weighted by Crippen LogP contribution is 2.39. The molecule has 0 saturated heterocycles. The zero-order valence-corrected chi connectivity index (χ0v) is 10.3. The lowest BCUT2D eigenvalue weighted by molar-refractivity contribution is -0.260. The lowest BCUT2D eigenvalue weighted by Crippen LogP contribution is -2.39. The van der Waals surface area contributed by atoms with Gasteiger partial charge in [0.1, 0.15) is 0 Å². The summed E-state index contributed by atoms with van der Waals surface area (Å²) >= 11 is 0. The van der Waals surface area contributed by atoms with Gasteiger partial charge in [-0.2, -0.15) is 18.4 Å². The fourth-order valence-electron chi connectivity index (χ4n) is 1.82. The van der Waals surface area contributed by atoms with E-state index in [9.17, 15) is 18.3 Å². The van der Waals surface area contributed by atoms with Gasteiger partial charge in [-0.3, -0.25) is 0 Å². The average Bonchev–Trinajstić information content (AvgIpc) is 2.69. The van der Waals surface area contributed by atoms with Crippen molar-refractivity contribution in [2.24, 2.45) is 0 Å². The monoisotopic (exact) mass is 268 g/mol. The van der Waals surface area contributed by atoms with Crippen LogP contribution in [0.1, 0.15) is 23.7 Å². The number of benzene rings is 1. The fraction of sp³-hybridized carbons (Fsp3) is 0.308. The smallest absolute Gasteiger partial charge is 0.375 e. The highest BCUT2D eigenvalue weighted by molar-refractivity contribution is 5.83. The highest BCUT2D eigenvalue weighted by atomic mass is 19.4. The minimum atomic E-state index is -4.78. The van der Waals surface area contributed by atoms with E-state index in [4.69, 9.17) is 5.26 Å². The van der Waals surface area contributed by atoms with Gasteiger partial charge in [0, 0.05) is 10.9 Å². The van der Waals surface area contributed by atoms with Crippen molar-refractivity contribution in [2.75, 3.05) is 0 Å². The minimum absolute atomic E-state index is 0.343. The van der Waals surface area contributed by atoms with Crippen LogP contribution in [-0.2, 0) is 5.60 Å². The minimum Gasteiger partial charge on any atom is -0.375 e. The van der Waals surface area contributed by atoms with Crippen LogP contribution in [0.15, 0.2) is 18.2 Å². The Kier molecular flexibility index (Phi) is 2.83. The number of fused-ring (bicyclic) bond motifs is 1. The maximum atomic E-state index is 12.7. The van der Waals surface area contributed by atoms with Crippen molar-refractivity contribution >= 4 is 10.9 Å². The number of alkyl halides is 3. The van der Waals surface area contributed by atoms with E-state index in [2.05, 4.69) is 4.98 Å². The molecule has 0 aliphatic heterocycles. The Hall–Kier alpha value is -2.00. The summed E-state index contributed by atoms with van der Waals surface area (Å²) in [5.74, 6) is 0. The van der Waals surface area contributed by atoms with Crippen LogP contribution in [0, 0.1) is 18.3 Å². The Labute approximate surface area is 107 Å². The summed E-state index contributed by atoms with van der Waals surface area (Å²) in [4.78, 5) is 2.56. The Bertz CT molecular complexity index is 677. The van der Waals surface area contributed by atoms with Gasteiger partial charge in [-0.05, 0) is 37.6 Å². The molecule has 1 heterocycles. The second-order valence-corrected chi connectivity index (χ2v) is 4.62. The number of halogens is 3. The Balaban J connectivity index is 2.64. The van der Waals surface area contributed by atoms with Crippen molar-refractivity contribution in [3.63, 3.8) is 0 Å². The van der Waals surface area contributed by atoms with Crippen LogP contribution in [0.25, 0.3) is 10.9 Å².